The van der Waals surface area contributed by atoms with Crippen LogP contribution in [0.1, 0.15) is 57.3 Å². The van der Waals surface area contributed by atoms with Crippen molar-refractivity contribution in [3.05, 3.63) is 24.2 Å². The molecule has 6 heteroatoms. The number of aliphatic hydroxyl groups is 1. The molecule has 6 nitrogen and oxygen atoms in total. The maximum atomic E-state index is 12.7. The molecule has 2 amide bonds. The van der Waals surface area contributed by atoms with Gasteiger partial charge >= 0.3 is 6.03 Å². The second-order valence-corrected chi connectivity index (χ2v) is 7.32. The average Bonchev–Trinajstić information content (AvgIpc) is 3.28. The highest BCUT2D eigenvalue weighted by Crippen LogP contribution is 2.27. The van der Waals surface area contributed by atoms with Crippen molar-refractivity contribution in [1.29, 1.82) is 0 Å². The summed E-state index contributed by atoms with van der Waals surface area (Å²) in [5.41, 5.74) is 0. The van der Waals surface area contributed by atoms with Crippen LogP contribution in [0.3, 0.4) is 0 Å². The molecule has 3 heterocycles. The van der Waals surface area contributed by atoms with Gasteiger partial charge in [0.1, 0.15) is 11.9 Å². The van der Waals surface area contributed by atoms with Crippen molar-refractivity contribution < 1.29 is 14.3 Å². The first-order valence-corrected chi connectivity index (χ1v) is 9.68. The second-order valence-electron chi connectivity index (χ2n) is 7.32. The van der Waals surface area contributed by atoms with Crippen LogP contribution in [0.4, 0.5) is 4.79 Å². The minimum Gasteiger partial charge on any atom is -0.467 e. The van der Waals surface area contributed by atoms with Crippen LogP contribution in [0.15, 0.2) is 22.8 Å². The van der Waals surface area contributed by atoms with Crippen molar-refractivity contribution in [2.24, 2.45) is 0 Å². The molecule has 0 aliphatic carbocycles. The summed E-state index contributed by atoms with van der Waals surface area (Å²) in [6.45, 7) is 6.27. The van der Waals surface area contributed by atoms with E-state index in [-0.39, 0.29) is 18.1 Å². The van der Waals surface area contributed by atoms with E-state index in [0.717, 1.165) is 51.9 Å². The van der Waals surface area contributed by atoms with Crippen LogP contribution in [-0.2, 0) is 0 Å². The molecule has 0 saturated carbocycles. The van der Waals surface area contributed by atoms with E-state index in [0.29, 0.717) is 12.2 Å². The smallest absolute Gasteiger partial charge is 0.317 e. The maximum absolute atomic E-state index is 12.7. The number of carbonyl (C=O) groups excluding carboxylic acids is 1. The molecule has 2 unspecified atom stereocenters. The number of hydrogen-bond donors (Lipinski definition) is 2. The Morgan fingerprint density at radius 1 is 1.36 bits per heavy atom. The molecule has 0 spiro atoms. The number of carbonyl (C=O) groups is 1. The third kappa shape index (κ3) is 4.76. The van der Waals surface area contributed by atoms with Gasteiger partial charge in [-0.1, -0.05) is 6.92 Å². The van der Waals surface area contributed by atoms with E-state index in [1.807, 2.05) is 4.90 Å². The van der Waals surface area contributed by atoms with Crippen LogP contribution in [0.2, 0.25) is 0 Å². The highest BCUT2D eigenvalue weighted by atomic mass is 16.4. The van der Waals surface area contributed by atoms with Gasteiger partial charge in [-0.2, -0.15) is 0 Å². The standard InChI is InChI=1S/C19H31N3O3/c1-2-9-21-11-7-15(8-12-21)20-19(24)22-10-3-5-16(22)14-17(23)18-6-4-13-25-18/h4,6,13,15-17,23H,2-3,5,7-12,14H2,1H3,(H,20,24). The second kappa shape index (κ2) is 8.72. The van der Waals surface area contributed by atoms with Gasteiger partial charge in [0.25, 0.3) is 0 Å². The first-order valence-electron chi connectivity index (χ1n) is 9.68. The van der Waals surface area contributed by atoms with E-state index >= 15 is 0 Å². The predicted octanol–water partition coefficient (Wildman–Crippen LogP) is 2.75. The lowest BCUT2D eigenvalue weighted by molar-refractivity contribution is 0.106. The van der Waals surface area contributed by atoms with Gasteiger partial charge in [0.15, 0.2) is 0 Å². The first-order chi connectivity index (χ1) is 12.2. The zero-order valence-electron chi connectivity index (χ0n) is 15.2. The van der Waals surface area contributed by atoms with Crippen molar-refractivity contribution >= 4 is 6.03 Å². The lowest BCUT2D eigenvalue weighted by Crippen LogP contribution is -2.50. The number of hydrogen-bond acceptors (Lipinski definition) is 4. The summed E-state index contributed by atoms with van der Waals surface area (Å²) in [5, 5.41) is 13.5. The normalized spacial score (nSPS) is 23.8. The fraction of sp³-hybridized carbons (Fsp3) is 0.737. The summed E-state index contributed by atoms with van der Waals surface area (Å²) >= 11 is 0. The van der Waals surface area contributed by atoms with Crippen LogP contribution in [0.5, 0.6) is 0 Å². The highest BCUT2D eigenvalue weighted by Gasteiger charge is 2.32. The quantitative estimate of drug-likeness (QED) is 0.829. The van der Waals surface area contributed by atoms with E-state index in [9.17, 15) is 9.90 Å². The molecule has 2 saturated heterocycles. The van der Waals surface area contributed by atoms with E-state index in [2.05, 4.69) is 17.1 Å². The van der Waals surface area contributed by atoms with Crippen molar-refractivity contribution in [2.45, 2.75) is 63.6 Å². The average molecular weight is 349 g/mol. The Morgan fingerprint density at radius 3 is 2.84 bits per heavy atom. The Bertz CT molecular complexity index is 526. The molecule has 1 aromatic rings. The molecule has 2 aliphatic rings. The third-order valence-corrected chi connectivity index (χ3v) is 5.46. The minimum atomic E-state index is -0.648. The Balaban J connectivity index is 1.48. The van der Waals surface area contributed by atoms with Crippen LogP contribution in [-0.4, -0.2) is 59.2 Å². The van der Waals surface area contributed by atoms with Gasteiger partial charge in [-0.15, -0.1) is 0 Å². The van der Waals surface area contributed by atoms with E-state index in [1.165, 1.54) is 6.42 Å². The molecule has 2 N–H and O–H groups in total. The number of aliphatic hydroxyl groups excluding tert-OH is 1. The monoisotopic (exact) mass is 349 g/mol. The van der Waals surface area contributed by atoms with Gasteiger partial charge in [0.05, 0.1) is 6.26 Å². The molecule has 2 atom stereocenters. The Kier molecular flexibility index (Phi) is 6.37. The van der Waals surface area contributed by atoms with Crippen molar-refractivity contribution in [3.63, 3.8) is 0 Å². The fourth-order valence-corrected chi connectivity index (χ4v) is 4.08. The molecular formula is C19H31N3O3. The molecule has 140 valence electrons. The molecule has 2 aliphatic heterocycles. The summed E-state index contributed by atoms with van der Waals surface area (Å²) in [4.78, 5) is 17.1. The Morgan fingerprint density at radius 2 is 2.16 bits per heavy atom. The maximum Gasteiger partial charge on any atom is 0.317 e. The third-order valence-electron chi connectivity index (χ3n) is 5.46. The number of rotatable bonds is 6. The molecule has 25 heavy (non-hydrogen) atoms. The van der Waals surface area contributed by atoms with Gasteiger partial charge < -0.3 is 24.6 Å². The number of likely N-dealkylation sites (tertiary alicyclic amines) is 2. The number of nitrogens with zero attached hydrogens (tertiary/aromatic N) is 2. The zero-order valence-corrected chi connectivity index (χ0v) is 15.2. The Labute approximate surface area is 150 Å². The summed E-state index contributed by atoms with van der Waals surface area (Å²) in [6.07, 6.45) is 6.64. The number of nitrogens with one attached hydrogen (secondary N) is 1. The number of urea groups is 1. The minimum absolute atomic E-state index is 0.0306. The van der Waals surface area contributed by atoms with Crippen molar-refractivity contribution in [3.8, 4) is 0 Å². The lowest BCUT2D eigenvalue weighted by Gasteiger charge is -2.34. The van der Waals surface area contributed by atoms with Crippen LogP contribution in [0, 0.1) is 0 Å². The van der Waals surface area contributed by atoms with E-state index in [4.69, 9.17) is 4.42 Å². The summed E-state index contributed by atoms with van der Waals surface area (Å²) in [7, 11) is 0. The summed E-state index contributed by atoms with van der Waals surface area (Å²) in [6, 6.07) is 3.96. The fourth-order valence-electron chi connectivity index (χ4n) is 4.08. The van der Waals surface area contributed by atoms with Crippen molar-refractivity contribution in [2.75, 3.05) is 26.2 Å². The summed E-state index contributed by atoms with van der Waals surface area (Å²) in [5.74, 6) is 0.579. The lowest BCUT2D eigenvalue weighted by atomic mass is 10.0. The van der Waals surface area contributed by atoms with Crippen LogP contribution in [0.25, 0.3) is 0 Å². The van der Waals surface area contributed by atoms with Gasteiger partial charge in [-0.3, -0.25) is 0 Å². The van der Waals surface area contributed by atoms with Crippen LogP contribution < -0.4 is 5.32 Å². The molecular weight excluding hydrogens is 318 g/mol. The first kappa shape index (κ1) is 18.3. The molecule has 0 bridgehead atoms. The van der Waals surface area contributed by atoms with Gasteiger partial charge in [0.2, 0.25) is 0 Å². The van der Waals surface area contributed by atoms with E-state index < -0.39 is 6.10 Å². The topological polar surface area (TPSA) is 69.0 Å². The number of piperidine rings is 1. The highest BCUT2D eigenvalue weighted by molar-refractivity contribution is 5.75. The molecule has 0 radical (unpaired) electrons. The van der Waals surface area contributed by atoms with Gasteiger partial charge in [-0.05, 0) is 50.8 Å². The van der Waals surface area contributed by atoms with Crippen LogP contribution >= 0.6 is 0 Å². The van der Waals surface area contributed by atoms with E-state index in [1.54, 1.807) is 18.4 Å². The zero-order chi connectivity index (χ0) is 17.6. The molecule has 1 aromatic heterocycles. The molecule has 0 aromatic carbocycles. The van der Waals surface area contributed by atoms with Gasteiger partial charge in [0, 0.05) is 38.1 Å². The largest absolute Gasteiger partial charge is 0.467 e. The molecule has 2 fully saturated rings. The predicted molar refractivity (Wildman–Crippen MR) is 96.3 cm³/mol. The van der Waals surface area contributed by atoms with Gasteiger partial charge in [-0.25, -0.2) is 4.79 Å². The number of amides is 2. The SMILES string of the molecule is CCCN1CCC(NC(=O)N2CCCC2CC(O)c2ccco2)CC1. The Hall–Kier alpha value is -1.53. The number of furan rings is 1. The van der Waals surface area contributed by atoms with Crippen molar-refractivity contribution in [1.82, 2.24) is 15.1 Å². The molecule has 3 rings (SSSR count). The summed E-state index contributed by atoms with van der Waals surface area (Å²) < 4.78 is 5.28.